The van der Waals surface area contributed by atoms with Crippen LogP contribution >= 0.6 is 11.6 Å². The van der Waals surface area contributed by atoms with Gasteiger partial charge in [0, 0.05) is 39.6 Å². The molecular formula is C19H13ClN2O2. The summed E-state index contributed by atoms with van der Waals surface area (Å²) < 4.78 is 6.09. The zero-order valence-corrected chi connectivity index (χ0v) is 13.4. The second kappa shape index (κ2) is 4.89. The second-order valence-corrected chi connectivity index (χ2v) is 6.43. The van der Waals surface area contributed by atoms with E-state index in [1.165, 1.54) is 5.56 Å². The summed E-state index contributed by atoms with van der Waals surface area (Å²) in [6, 6.07) is 11.3. The number of furan rings is 1. The normalized spacial score (nSPS) is 14.1. The Morgan fingerprint density at radius 3 is 2.71 bits per heavy atom. The van der Waals surface area contributed by atoms with Crippen LogP contribution in [0.5, 0.6) is 0 Å². The van der Waals surface area contributed by atoms with Gasteiger partial charge in [0.15, 0.2) is 0 Å². The molecule has 0 saturated carbocycles. The van der Waals surface area contributed by atoms with Gasteiger partial charge in [-0.05, 0) is 48.4 Å². The van der Waals surface area contributed by atoms with E-state index < -0.39 is 0 Å². The fourth-order valence-electron chi connectivity index (χ4n) is 3.50. The van der Waals surface area contributed by atoms with E-state index in [0.717, 1.165) is 33.9 Å². The molecule has 5 heteroatoms. The van der Waals surface area contributed by atoms with Crippen molar-refractivity contribution in [1.29, 1.82) is 0 Å². The molecule has 4 aromatic rings. The van der Waals surface area contributed by atoms with Gasteiger partial charge in [0.05, 0.1) is 5.56 Å². The third-order valence-electron chi connectivity index (χ3n) is 4.59. The van der Waals surface area contributed by atoms with Crippen molar-refractivity contribution in [3.05, 3.63) is 58.7 Å². The first-order chi connectivity index (χ1) is 11.7. The minimum Gasteiger partial charge on any atom is -0.455 e. The van der Waals surface area contributed by atoms with E-state index in [4.69, 9.17) is 16.0 Å². The Kier molecular flexibility index (Phi) is 2.79. The van der Waals surface area contributed by atoms with Crippen molar-refractivity contribution in [2.75, 3.05) is 6.54 Å². The third kappa shape index (κ3) is 1.83. The summed E-state index contributed by atoms with van der Waals surface area (Å²) >= 11 is 5.99. The molecule has 1 amide bonds. The van der Waals surface area contributed by atoms with Crippen molar-refractivity contribution in [2.45, 2.75) is 6.42 Å². The number of hydrogen-bond acceptors (Lipinski definition) is 2. The first kappa shape index (κ1) is 13.7. The summed E-state index contributed by atoms with van der Waals surface area (Å²) in [5.74, 6) is 0.485. The molecule has 0 radical (unpaired) electrons. The Labute approximate surface area is 142 Å². The third-order valence-corrected chi connectivity index (χ3v) is 4.84. The molecule has 3 heterocycles. The molecule has 0 saturated heterocycles. The Balaban J connectivity index is 1.94. The van der Waals surface area contributed by atoms with Gasteiger partial charge in [-0.15, -0.1) is 0 Å². The molecule has 0 bridgehead atoms. The summed E-state index contributed by atoms with van der Waals surface area (Å²) in [6.45, 7) is 0.604. The number of H-pyrrole nitrogens is 1. The van der Waals surface area contributed by atoms with Gasteiger partial charge in [0.1, 0.15) is 11.3 Å². The van der Waals surface area contributed by atoms with E-state index in [1.54, 1.807) is 12.1 Å². The standard InChI is InChI=1S/C19H13ClN2O2/c20-12-3-1-10(2-4-12)18-17-16-14(24-18)6-5-13-15(16)11(9-22-13)7-8-21-19(17)23/h1-6,9,22H,7-8H2,(H,21,23). The maximum atomic E-state index is 12.8. The van der Waals surface area contributed by atoms with Crippen LogP contribution in [-0.4, -0.2) is 17.4 Å². The van der Waals surface area contributed by atoms with Gasteiger partial charge in [0.2, 0.25) is 0 Å². The molecule has 24 heavy (non-hydrogen) atoms. The highest BCUT2D eigenvalue weighted by molar-refractivity contribution is 6.30. The number of halogens is 1. The summed E-state index contributed by atoms with van der Waals surface area (Å²) in [4.78, 5) is 16.1. The second-order valence-electron chi connectivity index (χ2n) is 5.99. The Morgan fingerprint density at radius 2 is 1.88 bits per heavy atom. The minimum absolute atomic E-state index is 0.0990. The van der Waals surface area contributed by atoms with Gasteiger partial charge in [-0.25, -0.2) is 0 Å². The van der Waals surface area contributed by atoms with E-state index in [2.05, 4.69) is 10.3 Å². The topological polar surface area (TPSA) is 58.0 Å². The van der Waals surface area contributed by atoms with E-state index in [9.17, 15) is 4.79 Å². The van der Waals surface area contributed by atoms with Gasteiger partial charge in [0.25, 0.3) is 5.91 Å². The van der Waals surface area contributed by atoms with Crippen LogP contribution in [0.25, 0.3) is 33.2 Å². The fourth-order valence-corrected chi connectivity index (χ4v) is 3.63. The summed E-state index contributed by atoms with van der Waals surface area (Å²) in [6.07, 6.45) is 2.81. The van der Waals surface area contributed by atoms with E-state index in [0.29, 0.717) is 22.9 Å². The van der Waals surface area contributed by atoms with E-state index in [1.807, 2.05) is 30.5 Å². The van der Waals surface area contributed by atoms with Crippen molar-refractivity contribution < 1.29 is 9.21 Å². The van der Waals surface area contributed by atoms with Crippen molar-refractivity contribution in [1.82, 2.24) is 10.3 Å². The number of aromatic amines is 1. The molecule has 2 N–H and O–H groups in total. The van der Waals surface area contributed by atoms with Crippen molar-refractivity contribution >= 4 is 39.4 Å². The van der Waals surface area contributed by atoms with Crippen LogP contribution in [-0.2, 0) is 6.42 Å². The van der Waals surface area contributed by atoms with Crippen LogP contribution < -0.4 is 5.32 Å². The molecule has 0 atom stereocenters. The fraction of sp³-hybridized carbons (Fsp3) is 0.105. The average molecular weight is 337 g/mol. The van der Waals surface area contributed by atoms with Crippen LogP contribution in [0, 0.1) is 0 Å². The average Bonchev–Trinajstić information content (AvgIpc) is 3.15. The monoisotopic (exact) mass is 336 g/mol. The highest BCUT2D eigenvalue weighted by Crippen LogP contribution is 2.39. The predicted octanol–water partition coefficient (Wildman–Crippen LogP) is 4.52. The quantitative estimate of drug-likeness (QED) is 0.537. The molecule has 0 unspecified atom stereocenters. The molecule has 2 aromatic carbocycles. The lowest BCUT2D eigenvalue weighted by molar-refractivity contribution is 0.0955. The SMILES string of the molecule is O=C1NCCc2c[nH]c3ccc4oc(-c5ccc(Cl)cc5)c1c4c23. The molecule has 0 aliphatic carbocycles. The molecule has 0 fully saturated rings. The van der Waals surface area contributed by atoms with Crippen LogP contribution in [0.15, 0.2) is 47.0 Å². The molecule has 1 aliphatic rings. The largest absolute Gasteiger partial charge is 0.455 e. The lowest BCUT2D eigenvalue weighted by atomic mass is 9.98. The van der Waals surface area contributed by atoms with Gasteiger partial charge < -0.3 is 14.7 Å². The zero-order chi connectivity index (χ0) is 16.3. The number of aromatic nitrogens is 1. The lowest BCUT2D eigenvalue weighted by Crippen LogP contribution is -2.26. The number of carbonyl (C=O) groups excluding carboxylic acids is 1. The molecule has 2 aromatic heterocycles. The van der Waals surface area contributed by atoms with Crippen LogP contribution in [0.1, 0.15) is 15.9 Å². The molecule has 118 valence electrons. The molecule has 0 spiro atoms. The Hall–Kier alpha value is -2.72. The minimum atomic E-state index is -0.0990. The summed E-state index contributed by atoms with van der Waals surface area (Å²) in [7, 11) is 0. The Bertz CT molecular complexity index is 1110. The smallest absolute Gasteiger partial charge is 0.255 e. The van der Waals surface area contributed by atoms with Crippen molar-refractivity contribution in [3.63, 3.8) is 0 Å². The number of nitrogens with one attached hydrogen (secondary N) is 2. The molecule has 5 rings (SSSR count). The maximum absolute atomic E-state index is 12.8. The van der Waals surface area contributed by atoms with Gasteiger partial charge in [-0.1, -0.05) is 11.6 Å². The van der Waals surface area contributed by atoms with Gasteiger partial charge >= 0.3 is 0 Å². The zero-order valence-electron chi connectivity index (χ0n) is 12.7. The summed E-state index contributed by atoms with van der Waals surface area (Å²) in [5, 5.41) is 5.60. The number of hydrogen-bond donors (Lipinski definition) is 2. The van der Waals surface area contributed by atoms with Crippen molar-refractivity contribution in [2.24, 2.45) is 0 Å². The first-order valence-corrected chi connectivity index (χ1v) is 8.20. The highest BCUT2D eigenvalue weighted by Gasteiger charge is 2.26. The first-order valence-electron chi connectivity index (χ1n) is 7.82. The number of rotatable bonds is 1. The van der Waals surface area contributed by atoms with E-state index >= 15 is 0 Å². The molecule has 4 nitrogen and oxygen atoms in total. The lowest BCUT2D eigenvalue weighted by Gasteiger charge is -2.10. The van der Waals surface area contributed by atoms with Crippen LogP contribution in [0.2, 0.25) is 5.02 Å². The van der Waals surface area contributed by atoms with Crippen molar-refractivity contribution in [3.8, 4) is 11.3 Å². The van der Waals surface area contributed by atoms with Gasteiger partial charge in [-0.3, -0.25) is 4.79 Å². The highest BCUT2D eigenvalue weighted by atomic mass is 35.5. The number of benzene rings is 2. The maximum Gasteiger partial charge on any atom is 0.255 e. The Morgan fingerprint density at radius 1 is 1.04 bits per heavy atom. The van der Waals surface area contributed by atoms with E-state index in [-0.39, 0.29) is 5.91 Å². The number of carbonyl (C=O) groups is 1. The van der Waals surface area contributed by atoms with Crippen LogP contribution in [0.3, 0.4) is 0 Å². The van der Waals surface area contributed by atoms with Crippen LogP contribution in [0.4, 0.5) is 0 Å². The predicted molar refractivity (Wildman–Crippen MR) is 94.6 cm³/mol. The number of amides is 1. The van der Waals surface area contributed by atoms with Gasteiger partial charge in [-0.2, -0.15) is 0 Å². The summed E-state index contributed by atoms with van der Waals surface area (Å²) in [5.41, 5.74) is 4.38. The molecule has 1 aliphatic heterocycles. The molecular weight excluding hydrogens is 324 g/mol.